The van der Waals surface area contributed by atoms with Crippen LogP contribution in [-0.4, -0.2) is 30.8 Å². The summed E-state index contributed by atoms with van der Waals surface area (Å²) in [4.78, 5) is 11.2. The van der Waals surface area contributed by atoms with Crippen molar-refractivity contribution in [1.82, 2.24) is 0 Å². The largest absolute Gasteiger partial charge is 0.465 e. The fourth-order valence-electron chi connectivity index (χ4n) is 4.66. The zero-order chi connectivity index (χ0) is 15.4. The molecule has 0 heterocycles. The minimum absolute atomic E-state index is 0.0106. The van der Waals surface area contributed by atoms with Gasteiger partial charge in [-0.15, -0.1) is 0 Å². The van der Waals surface area contributed by atoms with Crippen molar-refractivity contribution in [2.24, 2.45) is 29.6 Å². The number of halogens is 2. The van der Waals surface area contributed by atoms with Gasteiger partial charge in [0.25, 0.3) is 0 Å². The lowest BCUT2D eigenvalue weighted by atomic mass is 9.67. The highest BCUT2D eigenvalue weighted by atomic mass is 32.2. The second kappa shape index (κ2) is 4.87. The maximum Gasteiger partial charge on any atom is 0.465 e. The van der Waals surface area contributed by atoms with Crippen molar-refractivity contribution in [1.29, 1.82) is 0 Å². The van der Waals surface area contributed by atoms with Crippen LogP contribution in [0.15, 0.2) is 0 Å². The van der Waals surface area contributed by atoms with E-state index in [4.69, 9.17) is 4.55 Å². The molecule has 1 N–H and O–H groups in total. The van der Waals surface area contributed by atoms with Crippen LogP contribution < -0.4 is 0 Å². The van der Waals surface area contributed by atoms with Crippen LogP contribution in [-0.2, 0) is 19.6 Å². The van der Waals surface area contributed by atoms with Gasteiger partial charge in [-0.1, -0.05) is 0 Å². The Kier molecular flexibility index (Phi) is 3.52. The summed E-state index contributed by atoms with van der Waals surface area (Å²) in [6.45, 7) is -0.200. The van der Waals surface area contributed by atoms with Crippen LogP contribution in [0, 0.1) is 29.6 Å². The molecule has 8 heteroatoms. The first kappa shape index (κ1) is 15.1. The quantitative estimate of drug-likeness (QED) is 0.632. The van der Waals surface area contributed by atoms with Gasteiger partial charge >= 0.3 is 21.3 Å². The van der Waals surface area contributed by atoms with Crippen molar-refractivity contribution in [2.75, 3.05) is 6.61 Å². The molecular formula is C13H18F2O5S. The number of fused-ring (bicyclic) bond motifs is 1. The number of rotatable bonds is 4. The molecule has 3 saturated carbocycles. The molecule has 2 atom stereocenters. The van der Waals surface area contributed by atoms with Gasteiger partial charge in [0.05, 0.1) is 6.61 Å². The third-order valence-electron chi connectivity index (χ3n) is 5.37. The second-order valence-corrected chi connectivity index (χ2v) is 8.15. The Bertz CT molecular complexity index is 531. The van der Waals surface area contributed by atoms with E-state index in [0.717, 1.165) is 24.7 Å². The number of carbonyl (C=O) groups is 1. The van der Waals surface area contributed by atoms with E-state index < -0.39 is 21.3 Å². The van der Waals surface area contributed by atoms with Gasteiger partial charge in [-0.25, -0.2) is 4.79 Å². The number of esters is 1. The lowest BCUT2D eigenvalue weighted by Gasteiger charge is -2.39. The van der Waals surface area contributed by atoms with E-state index in [-0.39, 0.29) is 12.5 Å². The highest BCUT2D eigenvalue weighted by Gasteiger charge is 2.55. The van der Waals surface area contributed by atoms with Crippen LogP contribution in [0.5, 0.6) is 0 Å². The summed E-state index contributed by atoms with van der Waals surface area (Å²) in [5, 5.41) is -4.89. The Hall–Kier alpha value is -0.760. The molecule has 3 aliphatic carbocycles. The Morgan fingerprint density at radius 3 is 2.19 bits per heavy atom. The first-order valence-corrected chi connectivity index (χ1v) is 8.64. The molecular weight excluding hydrogens is 306 g/mol. The van der Waals surface area contributed by atoms with Crippen LogP contribution in [0.2, 0.25) is 0 Å². The van der Waals surface area contributed by atoms with Gasteiger partial charge in [0.2, 0.25) is 0 Å². The first-order chi connectivity index (χ1) is 9.68. The van der Waals surface area contributed by atoms with Crippen LogP contribution in [0.3, 0.4) is 0 Å². The van der Waals surface area contributed by atoms with Crippen LogP contribution in [0.25, 0.3) is 0 Å². The van der Waals surface area contributed by atoms with E-state index in [2.05, 4.69) is 4.74 Å². The van der Waals surface area contributed by atoms with Crippen molar-refractivity contribution in [3.05, 3.63) is 0 Å². The summed E-state index contributed by atoms with van der Waals surface area (Å²) in [5.74, 6) is 0.543. The monoisotopic (exact) mass is 324 g/mol. The van der Waals surface area contributed by atoms with Crippen molar-refractivity contribution < 1.29 is 31.3 Å². The lowest BCUT2D eigenvalue weighted by Crippen LogP contribution is -2.40. The standard InChI is InChI=1S/C13H18F2O5S/c14-13(15,21(17,18)19)12(16)20-6-8-3-9-1-7-2-10(4-8)11(9)5-7/h7-11H,1-6H2,(H,17,18,19). The third kappa shape index (κ3) is 2.56. The SMILES string of the molecule is O=C(OCC1CC2CC3CC(C1)C2C3)C(F)(F)S(=O)(=O)O. The van der Waals surface area contributed by atoms with Gasteiger partial charge in [0, 0.05) is 0 Å². The predicted molar refractivity (Wildman–Crippen MR) is 68.0 cm³/mol. The highest BCUT2D eigenvalue weighted by molar-refractivity contribution is 7.87. The molecule has 5 nitrogen and oxygen atoms in total. The highest BCUT2D eigenvalue weighted by Crippen LogP contribution is 2.58. The van der Waals surface area contributed by atoms with Crippen LogP contribution >= 0.6 is 0 Å². The smallest absolute Gasteiger partial charge is 0.460 e. The van der Waals surface area contributed by atoms with Crippen LogP contribution in [0.4, 0.5) is 8.78 Å². The normalized spacial score (nSPS) is 38.5. The number of alkyl halides is 2. The van der Waals surface area contributed by atoms with Crippen molar-refractivity contribution in [2.45, 2.75) is 37.4 Å². The Morgan fingerprint density at radius 1 is 1.14 bits per heavy atom. The fraction of sp³-hybridized carbons (Fsp3) is 0.923. The molecule has 3 aliphatic rings. The van der Waals surface area contributed by atoms with Gasteiger partial charge in [-0.2, -0.15) is 17.2 Å². The van der Waals surface area contributed by atoms with E-state index >= 15 is 0 Å². The average Bonchev–Trinajstić information content (AvgIpc) is 2.93. The summed E-state index contributed by atoms with van der Waals surface area (Å²) in [7, 11) is -5.78. The zero-order valence-electron chi connectivity index (χ0n) is 11.4. The number of hydrogen-bond donors (Lipinski definition) is 1. The summed E-state index contributed by atoms with van der Waals surface area (Å²) in [6, 6.07) is 0. The molecule has 0 aliphatic heterocycles. The average molecular weight is 324 g/mol. The molecule has 0 aromatic heterocycles. The van der Waals surface area contributed by atoms with Crippen molar-refractivity contribution >= 4 is 16.1 Å². The fourth-order valence-corrected chi connectivity index (χ4v) is 4.93. The van der Waals surface area contributed by atoms with E-state index in [9.17, 15) is 22.0 Å². The molecule has 0 aromatic carbocycles. The molecule has 120 valence electrons. The summed E-state index contributed by atoms with van der Waals surface area (Å²) >= 11 is 0. The van der Waals surface area contributed by atoms with Gasteiger partial charge in [-0.05, 0) is 61.7 Å². The van der Waals surface area contributed by atoms with E-state index in [1.165, 1.54) is 19.3 Å². The molecule has 3 fully saturated rings. The van der Waals surface area contributed by atoms with E-state index in [1.54, 1.807) is 0 Å². The summed E-state index contributed by atoms with van der Waals surface area (Å²) in [6.07, 6.45) is 5.31. The molecule has 0 radical (unpaired) electrons. The van der Waals surface area contributed by atoms with E-state index in [1.807, 2.05) is 0 Å². The predicted octanol–water partition coefficient (Wildman–Crippen LogP) is 2.08. The van der Waals surface area contributed by atoms with E-state index in [0.29, 0.717) is 11.8 Å². The van der Waals surface area contributed by atoms with Gasteiger partial charge in [0.1, 0.15) is 0 Å². The van der Waals surface area contributed by atoms with Gasteiger partial charge in [-0.3, -0.25) is 4.55 Å². The maximum atomic E-state index is 13.1. The molecule has 0 spiro atoms. The molecule has 2 unspecified atom stereocenters. The number of ether oxygens (including phenoxy) is 1. The summed E-state index contributed by atoms with van der Waals surface area (Å²) in [5.41, 5.74) is 0. The zero-order valence-corrected chi connectivity index (χ0v) is 12.2. The minimum atomic E-state index is -5.78. The molecule has 0 saturated heterocycles. The van der Waals surface area contributed by atoms with Crippen molar-refractivity contribution in [3.8, 4) is 0 Å². The Balaban J connectivity index is 1.55. The second-order valence-electron chi connectivity index (χ2n) is 6.68. The number of carbonyl (C=O) groups excluding carboxylic acids is 1. The summed E-state index contributed by atoms with van der Waals surface area (Å²) < 4.78 is 59.9. The Labute approximate surface area is 121 Å². The molecule has 0 aromatic rings. The third-order valence-corrected chi connectivity index (χ3v) is 6.19. The molecule has 0 amide bonds. The molecule has 2 bridgehead atoms. The first-order valence-electron chi connectivity index (χ1n) is 7.20. The van der Waals surface area contributed by atoms with Crippen LogP contribution in [0.1, 0.15) is 32.1 Å². The minimum Gasteiger partial charge on any atom is -0.460 e. The number of hydrogen-bond acceptors (Lipinski definition) is 4. The van der Waals surface area contributed by atoms with Crippen molar-refractivity contribution in [3.63, 3.8) is 0 Å². The topological polar surface area (TPSA) is 80.7 Å². The maximum absolute atomic E-state index is 13.1. The lowest BCUT2D eigenvalue weighted by molar-refractivity contribution is -0.163. The molecule has 21 heavy (non-hydrogen) atoms. The Morgan fingerprint density at radius 2 is 1.71 bits per heavy atom. The van der Waals surface area contributed by atoms with Gasteiger partial charge < -0.3 is 4.74 Å². The molecule has 3 rings (SSSR count). The van der Waals surface area contributed by atoms with Gasteiger partial charge in [0.15, 0.2) is 0 Å².